The lowest BCUT2D eigenvalue weighted by atomic mass is 10.0. The first-order valence-corrected chi connectivity index (χ1v) is 5.76. The topological polar surface area (TPSA) is 32.9 Å². The van der Waals surface area contributed by atoms with Crippen LogP contribution in [0.15, 0.2) is 30.5 Å². The average molecular weight is 291 g/mol. The summed E-state index contributed by atoms with van der Waals surface area (Å²) in [5.74, 6) is -7.41. The molecule has 1 aromatic carbocycles. The summed E-state index contributed by atoms with van der Waals surface area (Å²) < 4.78 is 61.6. The van der Waals surface area contributed by atoms with Crippen LogP contribution in [0.2, 0.25) is 0 Å². The number of carbonyl (C=O) groups excluding carboxylic acids is 1. The molecule has 1 aromatic heterocycles. The zero-order chi connectivity index (χ0) is 15.0. The zero-order valence-corrected chi connectivity index (χ0v) is 10.1. The van der Waals surface area contributed by atoms with Gasteiger partial charge in [0.25, 0.3) is 0 Å². The lowest BCUT2D eigenvalue weighted by Crippen LogP contribution is -2.44. The van der Waals surface area contributed by atoms with Gasteiger partial charge in [-0.05, 0) is 18.1 Å². The molecule has 20 heavy (non-hydrogen) atoms. The minimum Gasteiger partial charge on any atom is -0.361 e. The van der Waals surface area contributed by atoms with Crippen molar-refractivity contribution in [2.24, 2.45) is 0 Å². The fraction of sp³-hybridized carbons (Fsp3) is 0.308. The van der Waals surface area contributed by atoms with E-state index >= 15 is 0 Å². The Bertz CT molecular complexity index is 629. The lowest BCUT2D eigenvalue weighted by Gasteiger charge is -2.17. The molecule has 0 aliphatic carbocycles. The summed E-state index contributed by atoms with van der Waals surface area (Å²) in [5, 5.41) is 0.704. The van der Waals surface area contributed by atoms with Crippen LogP contribution in [0.5, 0.6) is 0 Å². The Kier molecular flexibility index (Phi) is 3.54. The number of rotatable bonds is 4. The molecule has 0 fully saturated rings. The molecule has 2 nitrogen and oxygen atoms in total. The van der Waals surface area contributed by atoms with Gasteiger partial charge in [-0.2, -0.15) is 22.0 Å². The van der Waals surface area contributed by atoms with Gasteiger partial charge in [-0.3, -0.25) is 4.79 Å². The Hall–Kier alpha value is -1.92. The Balaban J connectivity index is 2.11. The van der Waals surface area contributed by atoms with Gasteiger partial charge in [0.05, 0.1) is 0 Å². The second-order valence-electron chi connectivity index (χ2n) is 4.35. The van der Waals surface area contributed by atoms with Crippen LogP contribution >= 0.6 is 0 Å². The lowest BCUT2D eigenvalue weighted by molar-refractivity contribution is -0.268. The molecule has 0 unspecified atom stereocenters. The standard InChI is InChI=1S/C13H10F5NO/c14-12(15,13(16,17)18)11(20)6-5-8-7-19-10-4-2-1-3-9(8)10/h1-4,7,19H,5-6H2. The van der Waals surface area contributed by atoms with E-state index in [0.29, 0.717) is 10.9 Å². The quantitative estimate of drug-likeness (QED) is 0.852. The van der Waals surface area contributed by atoms with E-state index in [1.165, 1.54) is 6.20 Å². The van der Waals surface area contributed by atoms with Gasteiger partial charge in [0.1, 0.15) is 0 Å². The third-order valence-corrected chi connectivity index (χ3v) is 3.00. The van der Waals surface area contributed by atoms with Crippen LogP contribution in [-0.2, 0) is 11.2 Å². The van der Waals surface area contributed by atoms with Gasteiger partial charge >= 0.3 is 12.1 Å². The molecule has 0 saturated carbocycles. The molecule has 0 aliphatic heterocycles. The van der Waals surface area contributed by atoms with Crippen LogP contribution in [0, 0.1) is 0 Å². The summed E-state index contributed by atoms with van der Waals surface area (Å²) in [6, 6.07) is 6.91. The van der Waals surface area contributed by atoms with Gasteiger partial charge in [-0.1, -0.05) is 18.2 Å². The summed E-state index contributed by atoms with van der Waals surface area (Å²) in [7, 11) is 0. The summed E-state index contributed by atoms with van der Waals surface area (Å²) in [5.41, 5.74) is 1.27. The number of para-hydroxylation sites is 1. The molecule has 0 bridgehead atoms. The van der Waals surface area contributed by atoms with E-state index < -0.39 is 24.3 Å². The van der Waals surface area contributed by atoms with E-state index in [1.807, 2.05) is 0 Å². The highest BCUT2D eigenvalue weighted by atomic mass is 19.4. The van der Waals surface area contributed by atoms with Crippen molar-refractivity contribution in [3.8, 4) is 0 Å². The highest BCUT2D eigenvalue weighted by Gasteiger charge is 2.62. The molecule has 108 valence electrons. The molecule has 0 atom stereocenters. The number of halogens is 5. The van der Waals surface area contributed by atoms with E-state index in [-0.39, 0.29) is 6.42 Å². The zero-order valence-electron chi connectivity index (χ0n) is 10.1. The van der Waals surface area contributed by atoms with Crippen LogP contribution in [-0.4, -0.2) is 22.9 Å². The second kappa shape index (κ2) is 4.88. The number of aromatic amines is 1. The molecule has 7 heteroatoms. The van der Waals surface area contributed by atoms with Gasteiger partial charge in [-0.25, -0.2) is 0 Å². The van der Waals surface area contributed by atoms with Gasteiger partial charge in [0.2, 0.25) is 5.78 Å². The number of hydrogen-bond acceptors (Lipinski definition) is 1. The Labute approximate surface area is 110 Å². The fourth-order valence-electron chi connectivity index (χ4n) is 1.90. The second-order valence-corrected chi connectivity index (χ2v) is 4.35. The molecular weight excluding hydrogens is 281 g/mol. The van der Waals surface area contributed by atoms with E-state index in [0.717, 1.165) is 5.52 Å². The normalized spacial score (nSPS) is 12.8. The van der Waals surface area contributed by atoms with Gasteiger partial charge < -0.3 is 4.98 Å². The summed E-state index contributed by atoms with van der Waals surface area (Å²) in [6.07, 6.45) is -5.38. The number of aromatic nitrogens is 1. The Morgan fingerprint density at radius 1 is 1.10 bits per heavy atom. The van der Waals surface area contributed by atoms with Crippen LogP contribution < -0.4 is 0 Å². The van der Waals surface area contributed by atoms with Crippen molar-refractivity contribution in [2.75, 3.05) is 0 Å². The molecule has 0 amide bonds. The molecule has 1 N–H and O–H groups in total. The SMILES string of the molecule is O=C(CCc1c[nH]c2ccccc12)C(F)(F)C(F)(F)F. The van der Waals surface area contributed by atoms with Gasteiger partial charge in [0.15, 0.2) is 0 Å². The van der Waals surface area contributed by atoms with Crippen molar-refractivity contribution in [1.29, 1.82) is 0 Å². The molecule has 2 rings (SSSR count). The maximum absolute atomic E-state index is 12.8. The number of nitrogens with one attached hydrogen (secondary N) is 1. The van der Waals surface area contributed by atoms with Crippen molar-refractivity contribution >= 4 is 16.7 Å². The van der Waals surface area contributed by atoms with E-state index in [2.05, 4.69) is 4.98 Å². The van der Waals surface area contributed by atoms with Crippen molar-refractivity contribution in [3.63, 3.8) is 0 Å². The molecule has 0 spiro atoms. The summed E-state index contributed by atoms with van der Waals surface area (Å²) in [4.78, 5) is 13.9. The minimum absolute atomic E-state index is 0.172. The van der Waals surface area contributed by atoms with Gasteiger partial charge in [-0.15, -0.1) is 0 Å². The first-order valence-electron chi connectivity index (χ1n) is 5.76. The molecular formula is C13H10F5NO. The van der Waals surface area contributed by atoms with Crippen molar-refractivity contribution in [3.05, 3.63) is 36.0 Å². The highest BCUT2D eigenvalue weighted by Crippen LogP contribution is 2.37. The molecule has 1 heterocycles. The number of hydrogen-bond donors (Lipinski definition) is 1. The maximum atomic E-state index is 12.8. The van der Waals surface area contributed by atoms with Crippen molar-refractivity contribution in [2.45, 2.75) is 24.9 Å². The van der Waals surface area contributed by atoms with Crippen LogP contribution in [0.3, 0.4) is 0 Å². The predicted octanol–water partition coefficient (Wildman–Crippen LogP) is 3.87. The monoisotopic (exact) mass is 291 g/mol. The third kappa shape index (κ3) is 2.52. The number of ketones is 1. The molecule has 0 saturated heterocycles. The molecule has 2 aromatic rings. The fourth-order valence-corrected chi connectivity index (χ4v) is 1.90. The predicted molar refractivity (Wildman–Crippen MR) is 62.6 cm³/mol. The average Bonchev–Trinajstić information content (AvgIpc) is 2.77. The third-order valence-electron chi connectivity index (χ3n) is 3.00. The Morgan fingerprint density at radius 3 is 2.40 bits per heavy atom. The minimum atomic E-state index is -5.84. The number of Topliss-reactive ketones (excluding diaryl/α,β-unsaturated/α-hetero) is 1. The number of fused-ring (bicyclic) bond motifs is 1. The Morgan fingerprint density at radius 2 is 1.75 bits per heavy atom. The molecule has 0 aliphatic rings. The van der Waals surface area contributed by atoms with Crippen LogP contribution in [0.4, 0.5) is 22.0 Å². The number of aryl methyl sites for hydroxylation is 1. The van der Waals surface area contributed by atoms with Gasteiger partial charge in [0, 0.05) is 23.5 Å². The summed E-state index contributed by atoms with van der Waals surface area (Å²) >= 11 is 0. The van der Waals surface area contributed by atoms with E-state index in [9.17, 15) is 26.7 Å². The largest absolute Gasteiger partial charge is 0.461 e. The van der Waals surface area contributed by atoms with E-state index in [1.54, 1.807) is 24.3 Å². The first kappa shape index (κ1) is 14.5. The first-order chi connectivity index (χ1) is 9.23. The number of H-pyrrole nitrogens is 1. The smallest absolute Gasteiger partial charge is 0.361 e. The molecule has 0 radical (unpaired) electrons. The maximum Gasteiger partial charge on any atom is 0.461 e. The van der Waals surface area contributed by atoms with E-state index in [4.69, 9.17) is 0 Å². The van der Waals surface area contributed by atoms with Crippen LogP contribution in [0.1, 0.15) is 12.0 Å². The van der Waals surface area contributed by atoms with Crippen molar-refractivity contribution in [1.82, 2.24) is 4.98 Å². The number of alkyl halides is 5. The highest BCUT2D eigenvalue weighted by molar-refractivity contribution is 5.88. The van der Waals surface area contributed by atoms with Crippen molar-refractivity contribution < 1.29 is 26.7 Å². The number of benzene rings is 1. The van der Waals surface area contributed by atoms with Crippen LogP contribution in [0.25, 0.3) is 10.9 Å². The summed E-state index contributed by atoms with van der Waals surface area (Å²) in [6.45, 7) is 0. The number of carbonyl (C=O) groups is 1.